The number of nitrogens with zero attached hydrogens (tertiary/aromatic N) is 1. The molecule has 1 fully saturated rings. The van der Waals surface area contributed by atoms with Crippen LogP contribution < -0.4 is 10.6 Å². The maximum absolute atomic E-state index is 3.51. The lowest BCUT2D eigenvalue weighted by Gasteiger charge is -2.27. The molecule has 1 aromatic carbocycles. The predicted octanol–water partition coefficient (Wildman–Crippen LogP) is 2.52. The Morgan fingerprint density at radius 2 is 1.89 bits per heavy atom. The van der Waals surface area contributed by atoms with Gasteiger partial charge >= 0.3 is 0 Å². The summed E-state index contributed by atoms with van der Waals surface area (Å²) in [6, 6.07) is 8.92. The van der Waals surface area contributed by atoms with Gasteiger partial charge in [-0.15, -0.1) is 0 Å². The molecule has 1 saturated heterocycles. The van der Waals surface area contributed by atoms with E-state index in [0.29, 0.717) is 5.92 Å². The number of hydrogen-bond donors (Lipinski definition) is 2. The van der Waals surface area contributed by atoms with Crippen LogP contribution in [0.25, 0.3) is 0 Å². The molecule has 106 valence electrons. The molecule has 0 aliphatic carbocycles. The van der Waals surface area contributed by atoms with Crippen molar-refractivity contribution < 1.29 is 0 Å². The molecule has 19 heavy (non-hydrogen) atoms. The van der Waals surface area contributed by atoms with Crippen molar-refractivity contribution in [1.82, 2.24) is 10.2 Å². The molecule has 0 spiro atoms. The van der Waals surface area contributed by atoms with Gasteiger partial charge in [0, 0.05) is 45.0 Å². The predicted molar refractivity (Wildman–Crippen MR) is 82.9 cm³/mol. The van der Waals surface area contributed by atoms with Crippen molar-refractivity contribution in [1.29, 1.82) is 0 Å². The van der Waals surface area contributed by atoms with Crippen LogP contribution in [-0.2, 0) is 0 Å². The first-order valence-electron chi connectivity index (χ1n) is 7.56. The van der Waals surface area contributed by atoms with Crippen LogP contribution in [0, 0.1) is 0 Å². The molecule has 0 aromatic heterocycles. The first-order chi connectivity index (χ1) is 9.29. The van der Waals surface area contributed by atoms with Crippen molar-refractivity contribution in [3.63, 3.8) is 0 Å². The minimum atomic E-state index is 0.662. The number of anilines is 1. The second-order valence-corrected chi connectivity index (χ2v) is 5.45. The van der Waals surface area contributed by atoms with Gasteiger partial charge < -0.3 is 10.6 Å². The molecular weight excluding hydrogens is 234 g/mol. The minimum absolute atomic E-state index is 0.662. The molecule has 3 nitrogen and oxygen atoms in total. The Labute approximate surface area is 117 Å². The van der Waals surface area contributed by atoms with Crippen LogP contribution in [0.4, 0.5) is 5.69 Å². The number of hydrogen-bond acceptors (Lipinski definition) is 3. The molecule has 0 saturated carbocycles. The summed E-state index contributed by atoms with van der Waals surface area (Å²) in [5.41, 5.74) is 2.68. The van der Waals surface area contributed by atoms with Gasteiger partial charge in [-0.1, -0.05) is 26.0 Å². The van der Waals surface area contributed by atoms with Gasteiger partial charge in [-0.3, -0.25) is 4.90 Å². The van der Waals surface area contributed by atoms with Crippen molar-refractivity contribution in [2.75, 3.05) is 44.6 Å². The van der Waals surface area contributed by atoms with E-state index in [4.69, 9.17) is 0 Å². The quantitative estimate of drug-likeness (QED) is 0.824. The van der Waals surface area contributed by atoms with E-state index in [1.807, 2.05) is 0 Å². The van der Waals surface area contributed by atoms with E-state index in [0.717, 1.165) is 26.2 Å². The Kier molecular flexibility index (Phi) is 5.67. The molecule has 3 heteroatoms. The Bertz CT molecular complexity index is 355. The van der Waals surface area contributed by atoms with E-state index in [2.05, 4.69) is 53.6 Å². The second kappa shape index (κ2) is 7.51. The Hall–Kier alpha value is -1.06. The fraction of sp³-hybridized carbons (Fsp3) is 0.625. The molecule has 1 aromatic rings. The molecule has 1 unspecified atom stereocenters. The van der Waals surface area contributed by atoms with Gasteiger partial charge in [-0.05, 0) is 30.0 Å². The molecule has 2 rings (SSSR count). The number of benzene rings is 1. The van der Waals surface area contributed by atoms with Crippen LogP contribution in [0.5, 0.6) is 0 Å². The average Bonchev–Trinajstić information content (AvgIpc) is 2.48. The van der Waals surface area contributed by atoms with Crippen molar-refractivity contribution in [2.45, 2.75) is 26.2 Å². The average molecular weight is 261 g/mol. The Morgan fingerprint density at radius 3 is 2.53 bits per heavy atom. The molecule has 0 bridgehead atoms. The first-order valence-corrected chi connectivity index (χ1v) is 7.56. The van der Waals surface area contributed by atoms with Crippen LogP contribution >= 0.6 is 0 Å². The summed E-state index contributed by atoms with van der Waals surface area (Å²) in [7, 11) is 0. The molecular formula is C16H27N3. The van der Waals surface area contributed by atoms with Gasteiger partial charge in [0.05, 0.1) is 0 Å². The highest BCUT2D eigenvalue weighted by atomic mass is 15.2. The summed E-state index contributed by atoms with van der Waals surface area (Å²) in [4.78, 5) is 2.51. The molecule has 0 amide bonds. The Balaban J connectivity index is 1.73. The summed E-state index contributed by atoms with van der Waals surface area (Å²) >= 11 is 0. The van der Waals surface area contributed by atoms with Gasteiger partial charge in [0.25, 0.3) is 0 Å². The number of piperazine rings is 1. The molecule has 1 aliphatic heterocycles. The van der Waals surface area contributed by atoms with Crippen LogP contribution in [-0.4, -0.2) is 44.2 Å². The summed E-state index contributed by atoms with van der Waals surface area (Å²) in [6.07, 6.45) is 1.20. The zero-order chi connectivity index (χ0) is 13.5. The highest BCUT2D eigenvalue weighted by Crippen LogP contribution is 2.20. The molecule has 0 radical (unpaired) electrons. The maximum Gasteiger partial charge on any atom is 0.0340 e. The summed E-state index contributed by atoms with van der Waals surface area (Å²) in [5, 5.41) is 6.90. The van der Waals surface area contributed by atoms with Gasteiger partial charge in [-0.2, -0.15) is 0 Å². The third kappa shape index (κ3) is 4.51. The zero-order valence-electron chi connectivity index (χ0n) is 12.3. The SMILES string of the molecule is CCC(C)c1ccc(NCCN2CCNCC2)cc1. The normalized spacial score (nSPS) is 18.2. The van der Waals surface area contributed by atoms with Gasteiger partial charge in [0.15, 0.2) is 0 Å². The zero-order valence-corrected chi connectivity index (χ0v) is 12.3. The van der Waals surface area contributed by atoms with Gasteiger partial charge in [0.1, 0.15) is 0 Å². The van der Waals surface area contributed by atoms with E-state index < -0.39 is 0 Å². The van der Waals surface area contributed by atoms with E-state index in [1.54, 1.807) is 0 Å². The highest BCUT2D eigenvalue weighted by molar-refractivity contribution is 5.45. The molecule has 1 atom stereocenters. The van der Waals surface area contributed by atoms with Gasteiger partial charge in [-0.25, -0.2) is 0 Å². The third-order valence-corrected chi connectivity index (χ3v) is 4.06. The molecule has 1 heterocycles. The lowest BCUT2D eigenvalue weighted by Crippen LogP contribution is -2.45. The number of rotatable bonds is 6. The fourth-order valence-corrected chi connectivity index (χ4v) is 2.46. The Morgan fingerprint density at radius 1 is 1.21 bits per heavy atom. The minimum Gasteiger partial charge on any atom is -0.384 e. The molecule has 2 N–H and O–H groups in total. The number of nitrogens with one attached hydrogen (secondary N) is 2. The van der Waals surface area contributed by atoms with Crippen LogP contribution in [0.3, 0.4) is 0 Å². The topological polar surface area (TPSA) is 27.3 Å². The largest absolute Gasteiger partial charge is 0.384 e. The van der Waals surface area contributed by atoms with Crippen LogP contribution in [0.2, 0.25) is 0 Å². The fourth-order valence-electron chi connectivity index (χ4n) is 2.46. The van der Waals surface area contributed by atoms with E-state index >= 15 is 0 Å². The summed E-state index contributed by atoms with van der Waals surface area (Å²) in [6.45, 7) is 11.3. The van der Waals surface area contributed by atoms with Crippen molar-refractivity contribution in [2.24, 2.45) is 0 Å². The van der Waals surface area contributed by atoms with Crippen LogP contribution in [0.1, 0.15) is 31.7 Å². The highest BCUT2D eigenvalue weighted by Gasteiger charge is 2.08. The van der Waals surface area contributed by atoms with E-state index in [-0.39, 0.29) is 0 Å². The van der Waals surface area contributed by atoms with E-state index in [9.17, 15) is 0 Å². The van der Waals surface area contributed by atoms with Gasteiger partial charge in [0.2, 0.25) is 0 Å². The lowest BCUT2D eigenvalue weighted by atomic mass is 9.99. The lowest BCUT2D eigenvalue weighted by molar-refractivity contribution is 0.249. The van der Waals surface area contributed by atoms with Crippen molar-refractivity contribution in [3.05, 3.63) is 29.8 Å². The van der Waals surface area contributed by atoms with E-state index in [1.165, 1.54) is 30.8 Å². The molecule has 1 aliphatic rings. The first kappa shape index (κ1) is 14.4. The summed E-state index contributed by atoms with van der Waals surface area (Å²) in [5.74, 6) is 0.662. The van der Waals surface area contributed by atoms with Crippen LogP contribution in [0.15, 0.2) is 24.3 Å². The van der Waals surface area contributed by atoms with Crippen molar-refractivity contribution in [3.8, 4) is 0 Å². The monoisotopic (exact) mass is 261 g/mol. The summed E-state index contributed by atoms with van der Waals surface area (Å²) < 4.78 is 0. The third-order valence-electron chi connectivity index (χ3n) is 4.06. The standard InChI is InChI=1S/C16H27N3/c1-3-14(2)15-4-6-16(7-5-15)18-10-13-19-11-8-17-9-12-19/h4-7,14,17-18H,3,8-13H2,1-2H3. The van der Waals surface area contributed by atoms with Crippen molar-refractivity contribution >= 4 is 5.69 Å². The maximum atomic E-state index is 3.51. The smallest absolute Gasteiger partial charge is 0.0340 e. The second-order valence-electron chi connectivity index (χ2n) is 5.45.